The highest BCUT2D eigenvalue weighted by molar-refractivity contribution is 7.09. The first-order valence-electron chi connectivity index (χ1n) is 6.60. The third-order valence-corrected chi connectivity index (χ3v) is 4.10. The molecule has 0 bridgehead atoms. The van der Waals surface area contributed by atoms with Crippen LogP contribution in [0.5, 0.6) is 0 Å². The van der Waals surface area contributed by atoms with Gasteiger partial charge in [-0.3, -0.25) is 0 Å². The summed E-state index contributed by atoms with van der Waals surface area (Å²) < 4.78 is 9.67. The molecule has 2 heterocycles. The van der Waals surface area contributed by atoms with Crippen LogP contribution in [0, 0.1) is 0 Å². The van der Waals surface area contributed by atoms with Crippen LogP contribution in [0.2, 0.25) is 0 Å². The van der Waals surface area contributed by atoms with E-state index in [0.29, 0.717) is 6.04 Å². The summed E-state index contributed by atoms with van der Waals surface area (Å²) in [5.74, 6) is 0.796. The maximum absolute atomic E-state index is 5.27. The summed E-state index contributed by atoms with van der Waals surface area (Å²) in [6.07, 6.45) is 2.29. The van der Waals surface area contributed by atoms with E-state index in [9.17, 15) is 0 Å². The molecule has 1 aromatic rings. The highest BCUT2D eigenvalue weighted by Crippen LogP contribution is 2.25. The van der Waals surface area contributed by atoms with Gasteiger partial charge in [0, 0.05) is 37.8 Å². The van der Waals surface area contributed by atoms with Crippen molar-refractivity contribution in [1.82, 2.24) is 14.7 Å². The number of anilines is 1. The number of ether oxygens (including phenoxy) is 1. The Morgan fingerprint density at radius 1 is 1.61 bits per heavy atom. The number of aromatic nitrogens is 2. The van der Waals surface area contributed by atoms with E-state index in [-0.39, 0.29) is 6.10 Å². The zero-order chi connectivity index (χ0) is 13.0. The molecule has 6 heteroatoms. The van der Waals surface area contributed by atoms with Gasteiger partial charge < -0.3 is 15.0 Å². The van der Waals surface area contributed by atoms with Crippen molar-refractivity contribution in [1.29, 1.82) is 0 Å². The highest BCUT2D eigenvalue weighted by Gasteiger charge is 2.25. The Hall–Kier alpha value is -0.720. The van der Waals surface area contributed by atoms with E-state index in [4.69, 9.17) is 4.74 Å². The first-order chi connectivity index (χ1) is 8.76. The maximum atomic E-state index is 5.27. The van der Waals surface area contributed by atoms with Crippen LogP contribution >= 0.6 is 11.5 Å². The molecule has 0 saturated carbocycles. The van der Waals surface area contributed by atoms with Gasteiger partial charge in [-0.25, -0.2) is 4.98 Å². The second kappa shape index (κ2) is 6.45. The van der Waals surface area contributed by atoms with Gasteiger partial charge in [0.2, 0.25) is 5.13 Å². The zero-order valence-electron chi connectivity index (χ0n) is 11.3. The fourth-order valence-corrected chi connectivity index (χ4v) is 3.04. The molecule has 2 atom stereocenters. The van der Waals surface area contributed by atoms with Crippen LogP contribution in [-0.4, -0.2) is 42.1 Å². The van der Waals surface area contributed by atoms with Crippen LogP contribution in [0.1, 0.15) is 38.6 Å². The van der Waals surface area contributed by atoms with Crippen molar-refractivity contribution in [2.75, 3.05) is 31.6 Å². The van der Waals surface area contributed by atoms with E-state index >= 15 is 0 Å². The van der Waals surface area contributed by atoms with Gasteiger partial charge in [0.15, 0.2) is 5.82 Å². The largest absolute Gasteiger partial charge is 0.374 e. The summed E-state index contributed by atoms with van der Waals surface area (Å²) in [5.41, 5.74) is 0. The number of hydrogen-bond acceptors (Lipinski definition) is 6. The maximum Gasteiger partial charge on any atom is 0.205 e. The Kier molecular flexibility index (Phi) is 4.91. The monoisotopic (exact) mass is 270 g/mol. The second-order valence-corrected chi connectivity index (χ2v) is 5.38. The Balaban J connectivity index is 2.11. The highest BCUT2D eigenvalue weighted by atomic mass is 32.1. The van der Waals surface area contributed by atoms with Gasteiger partial charge >= 0.3 is 0 Å². The van der Waals surface area contributed by atoms with E-state index < -0.39 is 0 Å². The van der Waals surface area contributed by atoms with Gasteiger partial charge in [0.25, 0.3) is 0 Å². The van der Waals surface area contributed by atoms with Crippen molar-refractivity contribution in [2.45, 2.75) is 38.8 Å². The van der Waals surface area contributed by atoms with Crippen molar-refractivity contribution in [3.8, 4) is 0 Å². The molecule has 1 aromatic heterocycles. The predicted octanol–water partition coefficient (Wildman–Crippen LogP) is 1.82. The molecule has 1 aliphatic heterocycles. The fourth-order valence-electron chi connectivity index (χ4n) is 2.19. The smallest absolute Gasteiger partial charge is 0.205 e. The minimum atomic E-state index is -0.0276. The molecule has 0 spiro atoms. The van der Waals surface area contributed by atoms with Crippen molar-refractivity contribution in [3.63, 3.8) is 0 Å². The summed E-state index contributed by atoms with van der Waals surface area (Å²) in [7, 11) is 1.69. The molecule has 0 aromatic carbocycles. The Bertz CT molecular complexity index is 365. The Morgan fingerprint density at radius 2 is 2.44 bits per heavy atom. The third-order valence-electron chi connectivity index (χ3n) is 3.33. The third kappa shape index (κ3) is 2.99. The first kappa shape index (κ1) is 13.7. The molecule has 1 aliphatic rings. The molecule has 1 fully saturated rings. The summed E-state index contributed by atoms with van der Waals surface area (Å²) in [4.78, 5) is 7.02. The average Bonchev–Trinajstić information content (AvgIpc) is 3.06. The molecule has 0 aliphatic carbocycles. The molecule has 0 amide bonds. The molecule has 2 rings (SSSR count). The fraction of sp³-hybridized carbons (Fsp3) is 0.833. The summed E-state index contributed by atoms with van der Waals surface area (Å²) in [6, 6.07) is 0.559. The lowest BCUT2D eigenvalue weighted by Crippen LogP contribution is -2.37. The summed E-state index contributed by atoms with van der Waals surface area (Å²) in [5, 5.41) is 4.44. The lowest BCUT2D eigenvalue weighted by Gasteiger charge is -2.27. The van der Waals surface area contributed by atoms with Gasteiger partial charge in [0.05, 0.1) is 0 Å². The molecule has 0 radical (unpaired) electrons. The normalized spacial score (nSPS) is 21.2. The second-order valence-electron chi connectivity index (χ2n) is 4.65. The molecule has 5 nitrogen and oxygen atoms in total. The van der Waals surface area contributed by atoms with Crippen molar-refractivity contribution < 1.29 is 4.74 Å². The zero-order valence-corrected chi connectivity index (χ0v) is 12.2. The number of nitrogens with zero attached hydrogens (tertiary/aromatic N) is 3. The quantitative estimate of drug-likeness (QED) is 0.854. The molecule has 18 heavy (non-hydrogen) atoms. The lowest BCUT2D eigenvalue weighted by atomic mass is 10.2. The van der Waals surface area contributed by atoms with Crippen LogP contribution in [0.15, 0.2) is 0 Å². The Labute approximate surface area is 113 Å². The van der Waals surface area contributed by atoms with Gasteiger partial charge in [-0.15, -0.1) is 0 Å². The molecular weight excluding hydrogens is 248 g/mol. The van der Waals surface area contributed by atoms with E-state index in [1.807, 2.05) is 6.92 Å². The minimum absolute atomic E-state index is 0.0276. The van der Waals surface area contributed by atoms with Crippen molar-refractivity contribution in [2.24, 2.45) is 0 Å². The van der Waals surface area contributed by atoms with Crippen LogP contribution in [0.4, 0.5) is 5.13 Å². The van der Waals surface area contributed by atoms with Gasteiger partial charge in [-0.05, 0) is 26.3 Å². The van der Waals surface area contributed by atoms with Crippen molar-refractivity contribution >= 4 is 16.7 Å². The summed E-state index contributed by atoms with van der Waals surface area (Å²) in [6.45, 7) is 7.38. The van der Waals surface area contributed by atoms with Crippen LogP contribution < -0.4 is 10.2 Å². The molecule has 102 valence electrons. The van der Waals surface area contributed by atoms with Crippen molar-refractivity contribution in [3.05, 3.63) is 5.82 Å². The van der Waals surface area contributed by atoms with E-state index in [1.54, 1.807) is 7.11 Å². The number of rotatable bonds is 6. The average molecular weight is 270 g/mol. The van der Waals surface area contributed by atoms with Gasteiger partial charge in [0.1, 0.15) is 6.10 Å². The van der Waals surface area contributed by atoms with E-state index in [1.165, 1.54) is 18.0 Å². The standard InChI is InChI=1S/C12H22N4OS/c1-4-7-16(10-5-6-13-8-10)12-14-11(15-18-12)9(2)17-3/h9-10,13H,4-8H2,1-3H3. The molecule has 1 N–H and O–H groups in total. The Morgan fingerprint density at radius 3 is 3.06 bits per heavy atom. The molecule has 2 unspecified atom stereocenters. The van der Waals surface area contributed by atoms with Crippen LogP contribution in [0.3, 0.4) is 0 Å². The van der Waals surface area contributed by atoms with E-state index in [0.717, 1.165) is 37.0 Å². The molecular formula is C12H22N4OS. The number of methoxy groups -OCH3 is 1. The van der Waals surface area contributed by atoms with E-state index in [2.05, 4.69) is 26.5 Å². The number of hydrogen-bond donors (Lipinski definition) is 1. The molecule has 1 saturated heterocycles. The first-order valence-corrected chi connectivity index (χ1v) is 7.37. The van der Waals surface area contributed by atoms with Crippen LogP contribution in [0.25, 0.3) is 0 Å². The predicted molar refractivity (Wildman–Crippen MR) is 74.2 cm³/mol. The summed E-state index contributed by atoms with van der Waals surface area (Å²) >= 11 is 1.49. The topological polar surface area (TPSA) is 50.3 Å². The SMILES string of the molecule is CCCN(c1nc(C(C)OC)ns1)C1CCNC1. The number of nitrogens with one attached hydrogen (secondary N) is 1. The van der Waals surface area contributed by atoms with Gasteiger partial charge in [-0.2, -0.15) is 4.37 Å². The van der Waals surface area contributed by atoms with Gasteiger partial charge in [-0.1, -0.05) is 6.92 Å². The lowest BCUT2D eigenvalue weighted by molar-refractivity contribution is 0.113. The minimum Gasteiger partial charge on any atom is -0.374 e. The van der Waals surface area contributed by atoms with Crippen LogP contribution in [-0.2, 0) is 4.74 Å².